The smallest absolute Gasteiger partial charge is 0.261 e. The first-order chi connectivity index (χ1) is 11.0. The fourth-order valence-corrected chi connectivity index (χ4v) is 3.46. The Kier molecular flexibility index (Phi) is 4.30. The van der Waals surface area contributed by atoms with E-state index < -0.39 is 10.0 Å². The third-order valence-electron chi connectivity index (χ3n) is 3.11. The van der Waals surface area contributed by atoms with Crippen LogP contribution in [-0.2, 0) is 10.0 Å². The maximum Gasteiger partial charge on any atom is 0.261 e. The van der Waals surface area contributed by atoms with Crippen molar-refractivity contribution in [3.8, 4) is 5.69 Å². The summed E-state index contributed by atoms with van der Waals surface area (Å²) >= 11 is 11.9. The van der Waals surface area contributed by atoms with E-state index in [1.165, 1.54) is 12.1 Å². The van der Waals surface area contributed by atoms with Gasteiger partial charge < -0.3 is 0 Å². The number of benzene rings is 2. The van der Waals surface area contributed by atoms with E-state index in [2.05, 4.69) is 9.82 Å². The van der Waals surface area contributed by atoms with Crippen LogP contribution in [0.1, 0.15) is 0 Å². The Hall–Kier alpha value is -2.02. The molecular formula is C15H11Cl2N3O2S. The molecule has 0 saturated carbocycles. The first-order valence-corrected chi connectivity index (χ1v) is 8.78. The van der Waals surface area contributed by atoms with Crippen LogP contribution in [-0.4, -0.2) is 18.2 Å². The van der Waals surface area contributed by atoms with Gasteiger partial charge in [0.2, 0.25) is 0 Å². The molecule has 0 aliphatic heterocycles. The van der Waals surface area contributed by atoms with Gasteiger partial charge in [0.1, 0.15) is 0 Å². The van der Waals surface area contributed by atoms with Gasteiger partial charge in [-0.3, -0.25) is 4.72 Å². The molecule has 0 saturated heterocycles. The second-order valence-corrected chi connectivity index (χ2v) is 7.12. The first kappa shape index (κ1) is 15.9. The van der Waals surface area contributed by atoms with Gasteiger partial charge in [0.15, 0.2) is 0 Å². The molecule has 5 nitrogen and oxygen atoms in total. The summed E-state index contributed by atoms with van der Waals surface area (Å²) in [6, 6.07) is 12.9. The SMILES string of the molecule is O=S(=O)(Nc1cccc(Cl)c1Cl)c1ccc(-n2cccn2)cc1. The van der Waals surface area contributed by atoms with Gasteiger partial charge in [0.05, 0.1) is 26.3 Å². The summed E-state index contributed by atoms with van der Waals surface area (Å²) in [5.74, 6) is 0. The van der Waals surface area contributed by atoms with Gasteiger partial charge in [0, 0.05) is 12.4 Å². The Morgan fingerprint density at radius 1 is 1.00 bits per heavy atom. The molecule has 118 valence electrons. The summed E-state index contributed by atoms with van der Waals surface area (Å²) in [4.78, 5) is 0.115. The van der Waals surface area contributed by atoms with Gasteiger partial charge in [-0.1, -0.05) is 29.3 Å². The molecule has 0 amide bonds. The Morgan fingerprint density at radius 3 is 2.39 bits per heavy atom. The minimum absolute atomic E-state index is 0.115. The van der Waals surface area contributed by atoms with E-state index in [-0.39, 0.29) is 20.6 Å². The molecule has 1 heterocycles. The van der Waals surface area contributed by atoms with E-state index in [1.54, 1.807) is 53.5 Å². The number of nitrogens with zero attached hydrogens (tertiary/aromatic N) is 2. The Bertz CT molecular complexity index is 924. The van der Waals surface area contributed by atoms with Crippen LogP contribution in [0.15, 0.2) is 65.8 Å². The van der Waals surface area contributed by atoms with Gasteiger partial charge in [0.25, 0.3) is 10.0 Å². The highest BCUT2D eigenvalue weighted by Gasteiger charge is 2.16. The van der Waals surface area contributed by atoms with Crippen molar-refractivity contribution in [2.45, 2.75) is 4.90 Å². The normalized spacial score (nSPS) is 11.4. The second-order valence-electron chi connectivity index (χ2n) is 4.65. The molecule has 0 unspecified atom stereocenters. The minimum atomic E-state index is -3.76. The fraction of sp³-hybridized carbons (Fsp3) is 0. The van der Waals surface area contributed by atoms with Crippen molar-refractivity contribution >= 4 is 38.9 Å². The molecule has 0 radical (unpaired) electrons. The quantitative estimate of drug-likeness (QED) is 0.758. The predicted octanol–water partition coefficient (Wildman–Crippen LogP) is 3.98. The molecule has 0 aliphatic rings. The number of sulfonamides is 1. The molecule has 1 N–H and O–H groups in total. The zero-order valence-corrected chi connectivity index (χ0v) is 14.0. The summed E-state index contributed by atoms with van der Waals surface area (Å²) in [6.45, 7) is 0. The Morgan fingerprint density at radius 2 is 1.74 bits per heavy atom. The predicted molar refractivity (Wildman–Crippen MR) is 90.8 cm³/mol. The van der Waals surface area contributed by atoms with Crippen molar-refractivity contribution in [1.82, 2.24) is 9.78 Å². The number of hydrogen-bond donors (Lipinski definition) is 1. The first-order valence-electron chi connectivity index (χ1n) is 6.54. The maximum absolute atomic E-state index is 12.4. The van der Waals surface area contributed by atoms with E-state index in [1.807, 2.05) is 0 Å². The van der Waals surface area contributed by atoms with E-state index >= 15 is 0 Å². The van der Waals surface area contributed by atoms with Crippen molar-refractivity contribution in [2.75, 3.05) is 4.72 Å². The summed E-state index contributed by atoms with van der Waals surface area (Å²) in [7, 11) is -3.76. The third-order valence-corrected chi connectivity index (χ3v) is 5.31. The lowest BCUT2D eigenvalue weighted by Gasteiger charge is -2.11. The van der Waals surface area contributed by atoms with Gasteiger partial charge in [-0.2, -0.15) is 5.10 Å². The summed E-state index contributed by atoms with van der Waals surface area (Å²) in [6.07, 6.45) is 3.42. The topological polar surface area (TPSA) is 64.0 Å². The van der Waals surface area contributed by atoms with Crippen LogP contribution in [0.5, 0.6) is 0 Å². The van der Waals surface area contributed by atoms with Gasteiger partial charge in [-0.05, 0) is 42.5 Å². The molecule has 8 heteroatoms. The van der Waals surface area contributed by atoms with Crippen LogP contribution in [0, 0.1) is 0 Å². The van der Waals surface area contributed by atoms with Crippen LogP contribution in [0.25, 0.3) is 5.69 Å². The van der Waals surface area contributed by atoms with Crippen LogP contribution in [0.2, 0.25) is 10.0 Å². The highest BCUT2D eigenvalue weighted by atomic mass is 35.5. The summed E-state index contributed by atoms with van der Waals surface area (Å²) in [5.41, 5.74) is 0.991. The lowest BCUT2D eigenvalue weighted by Crippen LogP contribution is -2.13. The summed E-state index contributed by atoms with van der Waals surface area (Å²) in [5, 5.41) is 4.52. The fourth-order valence-electron chi connectivity index (χ4n) is 1.99. The van der Waals surface area contributed by atoms with Crippen LogP contribution >= 0.6 is 23.2 Å². The molecule has 23 heavy (non-hydrogen) atoms. The lowest BCUT2D eigenvalue weighted by atomic mass is 10.3. The number of anilines is 1. The number of aromatic nitrogens is 2. The van der Waals surface area contributed by atoms with Crippen LogP contribution in [0.4, 0.5) is 5.69 Å². The number of hydrogen-bond acceptors (Lipinski definition) is 3. The summed E-state index contributed by atoms with van der Waals surface area (Å²) < 4.78 is 28.9. The number of halogens is 2. The van der Waals surface area contributed by atoms with Gasteiger partial charge in [-0.25, -0.2) is 13.1 Å². The Labute approximate surface area is 143 Å². The van der Waals surface area contributed by atoms with E-state index in [4.69, 9.17) is 23.2 Å². The lowest BCUT2D eigenvalue weighted by molar-refractivity contribution is 0.601. The highest BCUT2D eigenvalue weighted by molar-refractivity contribution is 7.92. The second kappa shape index (κ2) is 6.23. The molecule has 0 fully saturated rings. The molecule has 0 spiro atoms. The van der Waals surface area contributed by atoms with Crippen molar-refractivity contribution in [2.24, 2.45) is 0 Å². The van der Waals surface area contributed by atoms with Crippen molar-refractivity contribution in [3.05, 3.63) is 71.0 Å². The molecule has 0 aliphatic carbocycles. The van der Waals surface area contributed by atoms with E-state index in [9.17, 15) is 8.42 Å². The molecule has 0 bridgehead atoms. The molecule has 1 aromatic heterocycles. The average Bonchev–Trinajstić information content (AvgIpc) is 3.06. The zero-order valence-electron chi connectivity index (χ0n) is 11.6. The molecule has 3 rings (SSSR count). The average molecular weight is 368 g/mol. The van der Waals surface area contributed by atoms with Gasteiger partial charge >= 0.3 is 0 Å². The Balaban J connectivity index is 1.89. The number of nitrogens with one attached hydrogen (secondary N) is 1. The molecule has 0 atom stereocenters. The highest BCUT2D eigenvalue weighted by Crippen LogP contribution is 2.31. The van der Waals surface area contributed by atoms with Crippen molar-refractivity contribution in [3.63, 3.8) is 0 Å². The molecular weight excluding hydrogens is 357 g/mol. The standard InChI is InChI=1S/C15H11Cl2N3O2S/c16-13-3-1-4-14(15(13)17)19-23(21,22)12-7-5-11(6-8-12)20-10-2-9-18-20/h1-10,19H. The minimum Gasteiger partial charge on any atom is -0.278 e. The van der Waals surface area contributed by atoms with Crippen LogP contribution in [0.3, 0.4) is 0 Å². The van der Waals surface area contributed by atoms with Crippen molar-refractivity contribution < 1.29 is 8.42 Å². The maximum atomic E-state index is 12.4. The van der Waals surface area contributed by atoms with Crippen LogP contribution < -0.4 is 4.72 Å². The van der Waals surface area contributed by atoms with E-state index in [0.717, 1.165) is 5.69 Å². The van der Waals surface area contributed by atoms with Crippen molar-refractivity contribution in [1.29, 1.82) is 0 Å². The van der Waals surface area contributed by atoms with Gasteiger partial charge in [-0.15, -0.1) is 0 Å². The number of rotatable bonds is 4. The zero-order chi connectivity index (χ0) is 16.4. The third kappa shape index (κ3) is 3.34. The van der Waals surface area contributed by atoms with E-state index in [0.29, 0.717) is 0 Å². The molecule has 2 aromatic carbocycles. The molecule has 3 aromatic rings. The largest absolute Gasteiger partial charge is 0.278 e. The monoisotopic (exact) mass is 367 g/mol.